The van der Waals surface area contributed by atoms with Crippen LogP contribution in [0, 0.1) is 5.41 Å². The summed E-state index contributed by atoms with van der Waals surface area (Å²) in [4.78, 5) is 22.8. The van der Waals surface area contributed by atoms with Crippen LogP contribution >= 0.6 is 0 Å². The fraction of sp³-hybridized carbons (Fsp3) is 0.615. The zero-order chi connectivity index (χ0) is 14.8. The van der Waals surface area contributed by atoms with E-state index in [0.717, 1.165) is 5.69 Å². The minimum atomic E-state index is -1.00. The minimum Gasteiger partial charge on any atom is -0.481 e. The number of carbonyl (C=O) groups is 2. The maximum absolute atomic E-state index is 11.9. The zero-order valence-electron chi connectivity index (χ0n) is 12.0. The number of carbonyl (C=O) groups excluding carboxylic acids is 1. The van der Waals surface area contributed by atoms with Gasteiger partial charge in [-0.2, -0.15) is 5.10 Å². The number of aromatic nitrogens is 2. The number of nitrogens with one attached hydrogen (secondary N) is 2. The molecule has 0 aromatic carbocycles. The molecule has 0 fully saturated rings. The van der Waals surface area contributed by atoms with Crippen molar-refractivity contribution >= 4 is 11.9 Å². The lowest BCUT2D eigenvalue weighted by atomic mass is 9.92. The van der Waals surface area contributed by atoms with E-state index < -0.39 is 11.4 Å². The number of aromatic amines is 1. The molecule has 0 aliphatic heterocycles. The van der Waals surface area contributed by atoms with Crippen LogP contribution in [0.4, 0.5) is 0 Å². The first-order valence-corrected chi connectivity index (χ1v) is 6.11. The molecule has 0 unspecified atom stereocenters. The summed E-state index contributed by atoms with van der Waals surface area (Å²) in [6.45, 7) is 9.20. The van der Waals surface area contributed by atoms with Gasteiger partial charge in [-0.25, -0.2) is 0 Å². The molecule has 0 bridgehead atoms. The predicted octanol–water partition coefficient (Wildman–Crippen LogP) is 1.55. The highest BCUT2D eigenvalue weighted by molar-refractivity contribution is 5.92. The van der Waals surface area contributed by atoms with Crippen molar-refractivity contribution in [3.63, 3.8) is 0 Å². The van der Waals surface area contributed by atoms with Gasteiger partial charge in [0.05, 0.1) is 5.41 Å². The van der Waals surface area contributed by atoms with Crippen LogP contribution < -0.4 is 5.32 Å². The number of H-pyrrole nitrogens is 1. The normalized spacial score (nSPS) is 12.3. The van der Waals surface area contributed by atoms with Gasteiger partial charge in [0.2, 0.25) is 0 Å². The molecule has 0 spiro atoms. The molecule has 6 nitrogen and oxygen atoms in total. The monoisotopic (exact) mass is 267 g/mol. The Kier molecular flexibility index (Phi) is 4.03. The standard InChI is InChI=1S/C13H21N3O3/c1-12(2,3)9-6-8(15-16-9)10(17)14-7-13(4,5)11(18)19/h6H,7H2,1-5H3,(H,14,17)(H,15,16)(H,18,19). The smallest absolute Gasteiger partial charge is 0.310 e. The van der Waals surface area contributed by atoms with Crippen molar-refractivity contribution in [1.82, 2.24) is 15.5 Å². The van der Waals surface area contributed by atoms with E-state index >= 15 is 0 Å². The second-order valence-corrected chi connectivity index (χ2v) is 6.29. The number of hydrogen-bond donors (Lipinski definition) is 3. The summed E-state index contributed by atoms with van der Waals surface area (Å²) in [6, 6.07) is 1.68. The van der Waals surface area contributed by atoms with E-state index in [-0.39, 0.29) is 23.6 Å². The number of nitrogens with zero attached hydrogens (tertiary/aromatic N) is 1. The van der Waals surface area contributed by atoms with Crippen molar-refractivity contribution in [2.45, 2.75) is 40.0 Å². The molecule has 3 N–H and O–H groups in total. The van der Waals surface area contributed by atoms with E-state index in [2.05, 4.69) is 15.5 Å². The van der Waals surface area contributed by atoms with Crippen molar-refractivity contribution in [1.29, 1.82) is 0 Å². The van der Waals surface area contributed by atoms with Gasteiger partial charge in [-0.15, -0.1) is 0 Å². The third-order valence-electron chi connectivity index (χ3n) is 2.89. The SMILES string of the molecule is CC(C)(CNC(=O)c1cc(C(C)(C)C)[nH]n1)C(=O)O. The quantitative estimate of drug-likeness (QED) is 0.771. The third-order valence-corrected chi connectivity index (χ3v) is 2.89. The van der Waals surface area contributed by atoms with E-state index in [0.29, 0.717) is 0 Å². The number of amides is 1. The first kappa shape index (κ1) is 15.2. The van der Waals surface area contributed by atoms with Gasteiger partial charge < -0.3 is 10.4 Å². The number of carboxylic acids is 1. The predicted molar refractivity (Wildman–Crippen MR) is 71.0 cm³/mol. The molecule has 0 aliphatic carbocycles. The van der Waals surface area contributed by atoms with Crippen molar-refractivity contribution in [3.8, 4) is 0 Å². The Morgan fingerprint density at radius 2 is 1.89 bits per heavy atom. The second-order valence-electron chi connectivity index (χ2n) is 6.29. The van der Waals surface area contributed by atoms with Gasteiger partial charge in [0.15, 0.2) is 0 Å². The van der Waals surface area contributed by atoms with Crippen LogP contribution in [0.3, 0.4) is 0 Å². The fourth-order valence-electron chi connectivity index (χ4n) is 1.29. The lowest BCUT2D eigenvalue weighted by Gasteiger charge is -2.18. The molecule has 19 heavy (non-hydrogen) atoms. The Bertz CT molecular complexity index is 484. The van der Waals surface area contributed by atoms with Crippen LogP contribution in [0.1, 0.15) is 50.8 Å². The fourth-order valence-corrected chi connectivity index (χ4v) is 1.29. The average Bonchev–Trinajstić information content (AvgIpc) is 2.74. The molecule has 1 heterocycles. The summed E-state index contributed by atoms with van der Waals surface area (Å²) in [5, 5.41) is 18.3. The average molecular weight is 267 g/mol. The van der Waals surface area contributed by atoms with Crippen LogP contribution in [0.15, 0.2) is 6.07 Å². The molecule has 0 saturated heterocycles. The number of aliphatic carboxylic acids is 1. The van der Waals surface area contributed by atoms with E-state index in [1.165, 1.54) is 0 Å². The Morgan fingerprint density at radius 3 is 2.32 bits per heavy atom. The summed E-state index contributed by atoms with van der Waals surface area (Å²) >= 11 is 0. The maximum atomic E-state index is 11.9. The van der Waals surface area contributed by atoms with Gasteiger partial charge in [0, 0.05) is 17.7 Å². The first-order chi connectivity index (χ1) is 8.54. The van der Waals surface area contributed by atoms with Crippen LogP contribution in [0.2, 0.25) is 0 Å². The molecule has 1 aromatic rings. The van der Waals surface area contributed by atoms with Crippen molar-refractivity contribution < 1.29 is 14.7 Å². The molecule has 0 radical (unpaired) electrons. The lowest BCUT2D eigenvalue weighted by Crippen LogP contribution is -2.39. The summed E-state index contributed by atoms with van der Waals surface area (Å²) < 4.78 is 0. The number of rotatable bonds is 4. The lowest BCUT2D eigenvalue weighted by molar-refractivity contribution is -0.146. The molecule has 1 aromatic heterocycles. The molecular weight excluding hydrogens is 246 g/mol. The van der Waals surface area contributed by atoms with Gasteiger partial charge in [0.25, 0.3) is 5.91 Å². The highest BCUT2D eigenvalue weighted by atomic mass is 16.4. The summed E-state index contributed by atoms with van der Waals surface area (Å²) in [6.07, 6.45) is 0. The van der Waals surface area contributed by atoms with E-state index in [4.69, 9.17) is 5.11 Å². The van der Waals surface area contributed by atoms with E-state index in [1.807, 2.05) is 20.8 Å². The summed E-state index contributed by atoms with van der Waals surface area (Å²) in [5.41, 5.74) is 0.00582. The molecule has 106 valence electrons. The third kappa shape index (κ3) is 3.81. The van der Waals surface area contributed by atoms with Gasteiger partial charge in [0.1, 0.15) is 5.69 Å². The van der Waals surface area contributed by atoms with Gasteiger partial charge in [-0.1, -0.05) is 20.8 Å². The molecule has 0 atom stereocenters. The van der Waals surface area contributed by atoms with Crippen LogP contribution in [-0.2, 0) is 10.2 Å². The topological polar surface area (TPSA) is 95.1 Å². The van der Waals surface area contributed by atoms with E-state index in [9.17, 15) is 9.59 Å². The number of carboxylic acid groups (broad SMARTS) is 1. The Morgan fingerprint density at radius 1 is 1.32 bits per heavy atom. The Labute approximate surface area is 112 Å². The van der Waals surface area contributed by atoms with Crippen LogP contribution in [-0.4, -0.2) is 33.7 Å². The number of hydrogen-bond acceptors (Lipinski definition) is 3. The Hall–Kier alpha value is -1.85. The van der Waals surface area contributed by atoms with Gasteiger partial charge >= 0.3 is 5.97 Å². The highest BCUT2D eigenvalue weighted by Gasteiger charge is 2.28. The molecule has 0 aliphatic rings. The first-order valence-electron chi connectivity index (χ1n) is 6.11. The van der Waals surface area contributed by atoms with Gasteiger partial charge in [-0.3, -0.25) is 14.7 Å². The molecule has 1 rings (SSSR count). The summed E-state index contributed by atoms with van der Waals surface area (Å²) in [7, 11) is 0. The zero-order valence-corrected chi connectivity index (χ0v) is 12.0. The molecule has 0 saturated carbocycles. The van der Waals surface area contributed by atoms with Crippen molar-refractivity contribution in [2.24, 2.45) is 5.41 Å². The van der Waals surface area contributed by atoms with Gasteiger partial charge in [-0.05, 0) is 19.9 Å². The van der Waals surface area contributed by atoms with Crippen molar-refractivity contribution in [2.75, 3.05) is 6.54 Å². The van der Waals surface area contributed by atoms with E-state index in [1.54, 1.807) is 19.9 Å². The summed E-state index contributed by atoms with van der Waals surface area (Å²) in [5.74, 6) is -1.33. The second kappa shape index (κ2) is 5.03. The molecule has 1 amide bonds. The highest BCUT2D eigenvalue weighted by Crippen LogP contribution is 2.20. The van der Waals surface area contributed by atoms with Crippen molar-refractivity contribution in [3.05, 3.63) is 17.5 Å². The van der Waals surface area contributed by atoms with Crippen LogP contribution in [0.25, 0.3) is 0 Å². The van der Waals surface area contributed by atoms with Crippen LogP contribution in [0.5, 0.6) is 0 Å². The minimum absolute atomic E-state index is 0.0544. The molecule has 6 heteroatoms. The Balaban J connectivity index is 2.70. The molecular formula is C13H21N3O3. The maximum Gasteiger partial charge on any atom is 0.310 e. The largest absolute Gasteiger partial charge is 0.481 e.